The first-order valence-electron chi connectivity index (χ1n) is 11.4. The highest BCUT2D eigenvalue weighted by Crippen LogP contribution is 2.31. The highest BCUT2D eigenvalue weighted by atomic mass is 15.5. The van der Waals surface area contributed by atoms with Crippen molar-refractivity contribution in [1.29, 1.82) is 0 Å². The number of allylic oxidation sites excluding steroid dienone is 6. The molecular formula is C28H29N3. The second kappa shape index (κ2) is 9.22. The molecule has 1 heterocycles. The largest absolute Gasteiger partial charge is 0.338 e. The number of anilines is 2. The maximum atomic E-state index is 4.82. The summed E-state index contributed by atoms with van der Waals surface area (Å²) in [6.45, 7) is 0.983. The van der Waals surface area contributed by atoms with Gasteiger partial charge in [-0.15, -0.1) is 0 Å². The second-order valence-corrected chi connectivity index (χ2v) is 8.30. The molecule has 0 saturated carbocycles. The van der Waals surface area contributed by atoms with Crippen LogP contribution in [0.2, 0.25) is 0 Å². The van der Waals surface area contributed by atoms with Gasteiger partial charge in [-0.3, -0.25) is 5.01 Å². The third-order valence-electron chi connectivity index (χ3n) is 6.21. The lowest BCUT2D eigenvalue weighted by Crippen LogP contribution is -2.34. The molecule has 2 aromatic rings. The van der Waals surface area contributed by atoms with Crippen molar-refractivity contribution in [3.8, 4) is 0 Å². The molecule has 0 N–H and O–H groups in total. The van der Waals surface area contributed by atoms with E-state index in [0.717, 1.165) is 38.6 Å². The molecule has 1 aliphatic heterocycles. The Kier molecular flexibility index (Phi) is 5.83. The van der Waals surface area contributed by atoms with Crippen molar-refractivity contribution in [3.63, 3.8) is 0 Å². The predicted octanol–water partition coefficient (Wildman–Crippen LogP) is 6.42. The fourth-order valence-corrected chi connectivity index (χ4v) is 4.63. The molecule has 2 aliphatic carbocycles. The summed E-state index contributed by atoms with van der Waals surface area (Å²) >= 11 is 0. The fraction of sp³-hybridized carbons (Fsp3) is 0.250. The highest BCUT2D eigenvalue weighted by molar-refractivity contribution is 5.83. The molecule has 5 rings (SSSR count). The zero-order chi connectivity index (χ0) is 20.9. The van der Waals surface area contributed by atoms with Crippen LogP contribution in [0.25, 0.3) is 0 Å². The standard InChI is InChI=1S/C28H29N3/c1-3-12-25(13-4-1)31(26-14-5-2-6-15-26)27-19-17-23(18-20-27)22-29-30-21-9-11-24-10-7-8-16-28(24)30/h1-5,7-8,10,12-14,16-19,22,27H,6,9,11,15,20-21H2/b29-22+. The van der Waals surface area contributed by atoms with Crippen LogP contribution in [0.3, 0.4) is 0 Å². The van der Waals surface area contributed by atoms with Gasteiger partial charge in [0.1, 0.15) is 0 Å². The van der Waals surface area contributed by atoms with Crippen molar-refractivity contribution < 1.29 is 0 Å². The number of hydrazone groups is 1. The number of nitrogens with zero attached hydrogens (tertiary/aromatic N) is 3. The summed E-state index contributed by atoms with van der Waals surface area (Å²) in [5, 5.41) is 6.97. The number of para-hydroxylation sites is 2. The predicted molar refractivity (Wildman–Crippen MR) is 132 cm³/mol. The quantitative estimate of drug-likeness (QED) is 0.533. The molecule has 0 amide bonds. The third-order valence-corrected chi connectivity index (χ3v) is 6.21. The van der Waals surface area contributed by atoms with Crippen molar-refractivity contribution in [1.82, 2.24) is 0 Å². The van der Waals surface area contributed by atoms with Crippen LogP contribution in [0.15, 0.2) is 107 Å². The Balaban J connectivity index is 1.32. The van der Waals surface area contributed by atoms with E-state index in [4.69, 9.17) is 5.10 Å². The van der Waals surface area contributed by atoms with Crippen molar-refractivity contribution in [2.75, 3.05) is 16.5 Å². The zero-order valence-electron chi connectivity index (χ0n) is 17.9. The van der Waals surface area contributed by atoms with Crippen LogP contribution in [0.5, 0.6) is 0 Å². The van der Waals surface area contributed by atoms with Crippen LogP contribution >= 0.6 is 0 Å². The lowest BCUT2D eigenvalue weighted by Gasteiger charge is -2.35. The van der Waals surface area contributed by atoms with Gasteiger partial charge >= 0.3 is 0 Å². The van der Waals surface area contributed by atoms with E-state index in [2.05, 4.69) is 101 Å². The summed E-state index contributed by atoms with van der Waals surface area (Å²) in [4.78, 5) is 2.49. The molecule has 0 fully saturated rings. The number of hydrogen-bond donors (Lipinski definition) is 0. The molecule has 0 spiro atoms. The Hall–Kier alpha value is -3.33. The summed E-state index contributed by atoms with van der Waals surface area (Å²) in [5.41, 5.74) is 6.47. The fourth-order valence-electron chi connectivity index (χ4n) is 4.63. The van der Waals surface area contributed by atoms with Gasteiger partial charge in [-0.1, -0.05) is 66.8 Å². The Labute approximate surface area is 185 Å². The molecule has 156 valence electrons. The first kappa shape index (κ1) is 19.6. The average molecular weight is 408 g/mol. The van der Waals surface area contributed by atoms with Gasteiger partial charge in [-0.2, -0.15) is 5.10 Å². The molecule has 31 heavy (non-hydrogen) atoms. The van der Waals surface area contributed by atoms with Gasteiger partial charge in [-0.25, -0.2) is 0 Å². The summed E-state index contributed by atoms with van der Waals surface area (Å²) in [6, 6.07) is 19.7. The molecular weight excluding hydrogens is 378 g/mol. The number of benzene rings is 2. The molecule has 3 nitrogen and oxygen atoms in total. The maximum Gasteiger partial charge on any atom is 0.0625 e. The van der Waals surface area contributed by atoms with Crippen molar-refractivity contribution in [2.45, 2.75) is 38.1 Å². The van der Waals surface area contributed by atoms with E-state index in [9.17, 15) is 0 Å². The lowest BCUT2D eigenvalue weighted by atomic mass is 9.99. The minimum absolute atomic E-state index is 0.327. The van der Waals surface area contributed by atoms with E-state index in [1.54, 1.807) is 0 Å². The van der Waals surface area contributed by atoms with Crippen LogP contribution in [0, 0.1) is 0 Å². The van der Waals surface area contributed by atoms with Crippen molar-refractivity contribution in [2.24, 2.45) is 5.10 Å². The molecule has 3 heteroatoms. The molecule has 2 aromatic carbocycles. The number of rotatable bonds is 5. The van der Waals surface area contributed by atoms with Crippen molar-refractivity contribution in [3.05, 3.63) is 108 Å². The van der Waals surface area contributed by atoms with Gasteiger partial charge in [0.05, 0.1) is 17.9 Å². The molecule has 3 aliphatic rings. The zero-order valence-corrected chi connectivity index (χ0v) is 17.9. The first-order valence-corrected chi connectivity index (χ1v) is 11.4. The van der Waals surface area contributed by atoms with Gasteiger partial charge in [0.25, 0.3) is 0 Å². The van der Waals surface area contributed by atoms with Gasteiger partial charge in [0, 0.05) is 17.9 Å². The second-order valence-electron chi connectivity index (χ2n) is 8.30. The Morgan fingerprint density at radius 3 is 2.68 bits per heavy atom. The minimum atomic E-state index is 0.327. The van der Waals surface area contributed by atoms with Crippen LogP contribution < -0.4 is 9.91 Å². The summed E-state index contributed by atoms with van der Waals surface area (Å²) in [5.74, 6) is 0. The van der Waals surface area contributed by atoms with Crippen LogP contribution in [0.4, 0.5) is 11.4 Å². The average Bonchev–Trinajstić information content (AvgIpc) is 2.85. The lowest BCUT2D eigenvalue weighted by molar-refractivity contribution is 0.714. The SMILES string of the molecule is C1=CCCC(N(c2ccccc2)C2C=CC(/C=N/N3CCCc4ccccc43)=CC2)=C1. The van der Waals surface area contributed by atoms with E-state index >= 15 is 0 Å². The first-order chi connectivity index (χ1) is 15.4. The number of aryl methyl sites for hydroxylation is 1. The third kappa shape index (κ3) is 4.41. The van der Waals surface area contributed by atoms with Crippen LogP contribution in [0.1, 0.15) is 31.2 Å². The minimum Gasteiger partial charge on any atom is -0.338 e. The molecule has 0 aromatic heterocycles. The van der Waals surface area contributed by atoms with Crippen LogP contribution in [-0.2, 0) is 6.42 Å². The van der Waals surface area contributed by atoms with Gasteiger partial charge in [0.2, 0.25) is 0 Å². The topological polar surface area (TPSA) is 18.8 Å². The highest BCUT2D eigenvalue weighted by Gasteiger charge is 2.22. The van der Waals surface area contributed by atoms with Crippen molar-refractivity contribution >= 4 is 17.6 Å². The number of fused-ring (bicyclic) bond motifs is 1. The molecule has 0 saturated heterocycles. The van der Waals surface area contributed by atoms with E-state index < -0.39 is 0 Å². The molecule has 0 radical (unpaired) electrons. The Morgan fingerprint density at radius 1 is 1.00 bits per heavy atom. The normalized spacial score (nSPS) is 20.4. The number of hydrogen-bond acceptors (Lipinski definition) is 3. The van der Waals surface area contributed by atoms with E-state index in [-0.39, 0.29) is 0 Å². The maximum absolute atomic E-state index is 4.82. The Bertz CT molecular complexity index is 1060. The van der Waals surface area contributed by atoms with Crippen LogP contribution in [-0.4, -0.2) is 18.8 Å². The van der Waals surface area contributed by atoms with E-state index in [0.29, 0.717) is 6.04 Å². The Morgan fingerprint density at radius 2 is 1.87 bits per heavy atom. The van der Waals surface area contributed by atoms with E-state index in [1.165, 1.54) is 28.2 Å². The van der Waals surface area contributed by atoms with Gasteiger partial charge < -0.3 is 4.90 Å². The molecule has 1 atom stereocenters. The monoisotopic (exact) mass is 407 g/mol. The smallest absolute Gasteiger partial charge is 0.0625 e. The summed E-state index contributed by atoms with van der Waals surface area (Å²) < 4.78 is 0. The summed E-state index contributed by atoms with van der Waals surface area (Å²) in [6.07, 6.45) is 21.1. The van der Waals surface area contributed by atoms with Gasteiger partial charge in [-0.05, 0) is 67.5 Å². The van der Waals surface area contributed by atoms with Gasteiger partial charge in [0.15, 0.2) is 0 Å². The van der Waals surface area contributed by atoms with E-state index in [1.807, 2.05) is 6.21 Å². The molecule has 0 bridgehead atoms. The molecule has 1 unspecified atom stereocenters. The summed E-state index contributed by atoms with van der Waals surface area (Å²) in [7, 11) is 0.